The molecule has 0 fully saturated rings. The quantitative estimate of drug-likeness (QED) is 0.804. The normalized spacial score (nSPS) is 11.1. The Hall–Kier alpha value is -0.930. The smallest absolute Gasteiger partial charge is 0.127 e. The van der Waals surface area contributed by atoms with Crippen LogP contribution in [0.15, 0.2) is 18.2 Å². The first-order valence-corrected chi connectivity index (χ1v) is 5.91. The predicted molar refractivity (Wildman–Crippen MR) is 65.5 cm³/mol. The minimum Gasteiger partial charge on any atom is -0.326 e. The number of hydrogen-bond acceptors (Lipinski definition) is 2. The molecule has 0 spiro atoms. The Balaban J connectivity index is 2.72. The second kappa shape index (κ2) is 6.61. The van der Waals surface area contributed by atoms with Crippen LogP contribution in [0.4, 0.5) is 4.39 Å². The molecule has 0 amide bonds. The summed E-state index contributed by atoms with van der Waals surface area (Å²) in [7, 11) is 0. The molecule has 2 nitrogen and oxygen atoms in total. The van der Waals surface area contributed by atoms with Gasteiger partial charge in [-0.15, -0.1) is 0 Å². The summed E-state index contributed by atoms with van der Waals surface area (Å²) < 4.78 is 13.2. The fourth-order valence-corrected chi connectivity index (χ4v) is 1.81. The van der Waals surface area contributed by atoms with E-state index in [1.54, 1.807) is 0 Å². The van der Waals surface area contributed by atoms with Crippen LogP contribution in [-0.2, 0) is 13.1 Å². The standard InChI is InChI=1S/C13H21FN2/c1-3-7-16(4-2)10-11-5-6-13(14)12(8-11)9-15/h5-6,8H,3-4,7,9-10,15H2,1-2H3. The number of hydrogen-bond donors (Lipinski definition) is 1. The van der Waals surface area contributed by atoms with Gasteiger partial charge in [0.2, 0.25) is 0 Å². The van der Waals surface area contributed by atoms with Gasteiger partial charge in [0, 0.05) is 18.7 Å². The van der Waals surface area contributed by atoms with Gasteiger partial charge < -0.3 is 5.73 Å². The van der Waals surface area contributed by atoms with Crippen molar-refractivity contribution in [3.05, 3.63) is 35.1 Å². The molecule has 2 N–H and O–H groups in total. The zero-order valence-corrected chi connectivity index (χ0v) is 10.2. The molecular weight excluding hydrogens is 203 g/mol. The Morgan fingerprint density at radius 2 is 2.06 bits per heavy atom. The maximum atomic E-state index is 13.2. The molecule has 0 radical (unpaired) electrons. The number of nitrogens with zero attached hydrogens (tertiary/aromatic N) is 1. The van der Waals surface area contributed by atoms with Crippen LogP contribution in [0.25, 0.3) is 0 Å². The van der Waals surface area contributed by atoms with E-state index in [1.807, 2.05) is 12.1 Å². The van der Waals surface area contributed by atoms with Crippen molar-refractivity contribution < 1.29 is 4.39 Å². The van der Waals surface area contributed by atoms with Crippen molar-refractivity contribution in [1.29, 1.82) is 0 Å². The van der Waals surface area contributed by atoms with Gasteiger partial charge >= 0.3 is 0 Å². The summed E-state index contributed by atoms with van der Waals surface area (Å²) >= 11 is 0. The number of rotatable bonds is 6. The monoisotopic (exact) mass is 224 g/mol. The van der Waals surface area contributed by atoms with E-state index in [2.05, 4.69) is 18.7 Å². The molecule has 3 heteroatoms. The Kier molecular flexibility index (Phi) is 5.43. The molecule has 0 aromatic heterocycles. The van der Waals surface area contributed by atoms with Crippen molar-refractivity contribution in [1.82, 2.24) is 4.90 Å². The molecule has 0 aliphatic rings. The lowest BCUT2D eigenvalue weighted by Crippen LogP contribution is -2.23. The molecular formula is C13H21FN2. The number of nitrogens with two attached hydrogens (primary N) is 1. The summed E-state index contributed by atoms with van der Waals surface area (Å²) in [5.41, 5.74) is 7.23. The molecule has 0 bridgehead atoms. The fourth-order valence-electron chi connectivity index (χ4n) is 1.81. The van der Waals surface area contributed by atoms with Gasteiger partial charge in [-0.25, -0.2) is 4.39 Å². The molecule has 1 aromatic carbocycles. The first-order valence-electron chi connectivity index (χ1n) is 5.91. The highest BCUT2D eigenvalue weighted by Gasteiger charge is 2.05. The molecule has 0 aliphatic heterocycles. The van der Waals surface area contributed by atoms with Crippen molar-refractivity contribution in [3.8, 4) is 0 Å². The minimum absolute atomic E-state index is 0.204. The Labute approximate surface area is 97.3 Å². The predicted octanol–water partition coefficient (Wildman–Crippen LogP) is 2.52. The zero-order chi connectivity index (χ0) is 12.0. The SMILES string of the molecule is CCCN(CC)Cc1ccc(F)c(CN)c1. The Morgan fingerprint density at radius 1 is 1.31 bits per heavy atom. The van der Waals surface area contributed by atoms with Crippen LogP contribution in [0.2, 0.25) is 0 Å². The van der Waals surface area contributed by atoms with Gasteiger partial charge in [0.25, 0.3) is 0 Å². The van der Waals surface area contributed by atoms with Crippen LogP contribution in [0.3, 0.4) is 0 Å². The summed E-state index contributed by atoms with van der Waals surface area (Å²) in [5, 5.41) is 0. The van der Waals surface area contributed by atoms with Crippen LogP contribution >= 0.6 is 0 Å². The van der Waals surface area contributed by atoms with E-state index in [1.165, 1.54) is 6.07 Å². The van der Waals surface area contributed by atoms with Gasteiger partial charge in [0.05, 0.1) is 0 Å². The summed E-state index contributed by atoms with van der Waals surface area (Å²) in [6, 6.07) is 5.22. The highest BCUT2D eigenvalue weighted by atomic mass is 19.1. The Bertz CT molecular complexity index is 326. The summed E-state index contributed by atoms with van der Waals surface area (Å²) in [6.45, 7) is 7.54. The van der Waals surface area contributed by atoms with E-state index < -0.39 is 0 Å². The molecule has 0 aliphatic carbocycles. The first-order chi connectivity index (χ1) is 7.71. The zero-order valence-electron chi connectivity index (χ0n) is 10.2. The molecule has 90 valence electrons. The maximum absolute atomic E-state index is 13.2. The molecule has 0 saturated carbocycles. The summed E-state index contributed by atoms with van der Waals surface area (Å²) in [6.07, 6.45) is 1.14. The van der Waals surface area contributed by atoms with E-state index in [4.69, 9.17) is 5.73 Å². The summed E-state index contributed by atoms with van der Waals surface area (Å²) in [4.78, 5) is 2.34. The van der Waals surface area contributed by atoms with Gasteiger partial charge in [0.1, 0.15) is 5.82 Å². The van der Waals surface area contributed by atoms with E-state index in [0.717, 1.165) is 31.6 Å². The number of benzene rings is 1. The molecule has 16 heavy (non-hydrogen) atoms. The lowest BCUT2D eigenvalue weighted by atomic mass is 10.1. The average Bonchev–Trinajstić information content (AvgIpc) is 2.30. The molecule has 0 atom stereocenters. The second-order valence-corrected chi connectivity index (χ2v) is 4.00. The molecule has 0 unspecified atom stereocenters. The lowest BCUT2D eigenvalue weighted by molar-refractivity contribution is 0.280. The van der Waals surface area contributed by atoms with Gasteiger partial charge in [-0.2, -0.15) is 0 Å². The van der Waals surface area contributed by atoms with Crippen LogP contribution < -0.4 is 5.73 Å². The largest absolute Gasteiger partial charge is 0.326 e. The van der Waals surface area contributed by atoms with Crippen molar-refractivity contribution >= 4 is 0 Å². The second-order valence-electron chi connectivity index (χ2n) is 4.00. The van der Waals surface area contributed by atoms with E-state index in [9.17, 15) is 4.39 Å². The van der Waals surface area contributed by atoms with E-state index in [0.29, 0.717) is 5.56 Å². The highest BCUT2D eigenvalue weighted by Crippen LogP contribution is 2.12. The van der Waals surface area contributed by atoms with Crippen LogP contribution in [-0.4, -0.2) is 18.0 Å². The Morgan fingerprint density at radius 3 is 2.62 bits per heavy atom. The summed E-state index contributed by atoms with van der Waals surface area (Å²) in [5.74, 6) is -0.204. The van der Waals surface area contributed by atoms with Crippen molar-refractivity contribution in [2.75, 3.05) is 13.1 Å². The van der Waals surface area contributed by atoms with Gasteiger partial charge in [-0.05, 0) is 31.1 Å². The maximum Gasteiger partial charge on any atom is 0.127 e. The average molecular weight is 224 g/mol. The molecule has 1 aromatic rings. The first kappa shape index (κ1) is 13.1. The van der Waals surface area contributed by atoms with E-state index in [-0.39, 0.29) is 12.4 Å². The lowest BCUT2D eigenvalue weighted by Gasteiger charge is -2.19. The van der Waals surface area contributed by atoms with Crippen LogP contribution in [0, 0.1) is 5.82 Å². The van der Waals surface area contributed by atoms with E-state index >= 15 is 0 Å². The number of halogens is 1. The molecule has 0 heterocycles. The minimum atomic E-state index is -0.204. The fraction of sp³-hybridized carbons (Fsp3) is 0.538. The topological polar surface area (TPSA) is 29.3 Å². The molecule has 0 saturated heterocycles. The van der Waals surface area contributed by atoms with Crippen molar-refractivity contribution in [3.63, 3.8) is 0 Å². The third-order valence-corrected chi connectivity index (χ3v) is 2.72. The third-order valence-electron chi connectivity index (χ3n) is 2.72. The van der Waals surface area contributed by atoms with Crippen molar-refractivity contribution in [2.24, 2.45) is 5.73 Å². The van der Waals surface area contributed by atoms with Gasteiger partial charge in [0.15, 0.2) is 0 Å². The van der Waals surface area contributed by atoms with Gasteiger partial charge in [-0.3, -0.25) is 4.90 Å². The van der Waals surface area contributed by atoms with Gasteiger partial charge in [-0.1, -0.05) is 26.0 Å². The molecule has 1 rings (SSSR count). The third kappa shape index (κ3) is 3.58. The van der Waals surface area contributed by atoms with Crippen LogP contribution in [0.1, 0.15) is 31.4 Å². The van der Waals surface area contributed by atoms with Crippen molar-refractivity contribution in [2.45, 2.75) is 33.4 Å². The van der Waals surface area contributed by atoms with Crippen LogP contribution in [0.5, 0.6) is 0 Å². The highest BCUT2D eigenvalue weighted by molar-refractivity contribution is 5.24.